The molecule has 2 heterocycles. The highest BCUT2D eigenvalue weighted by molar-refractivity contribution is 7.07. The summed E-state index contributed by atoms with van der Waals surface area (Å²) >= 11 is 1.70. The van der Waals surface area contributed by atoms with E-state index in [2.05, 4.69) is 49.3 Å². The molecule has 2 N–H and O–H groups in total. The number of thiophene rings is 1. The Labute approximate surface area is 122 Å². The van der Waals surface area contributed by atoms with E-state index in [1.807, 2.05) is 6.92 Å². The summed E-state index contributed by atoms with van der Waals surface area (Å²) in [4.78, 5) is 12.7. The van der Waals surface area contributed by atoms with Gasteiger partial charge in [-0.15, -0.1) is 0 Å². The summed E-state index contributed by atoms with van der Waals surface area (Å²) in [6.07, 6.45) is 0.925. The summed E-state index contributed by atoms with van der Waals surface area (Å²) < 4.78 is 5.34. The molecule has 2 aromatic rings. The zero-order valence-electron chi connectivity index (χ0n) is 11.9. The lowest BCUT2D eigenvalue weighted by Crippen LogP contribution is -2.20. The van der Waals surface area contributed by atoms with Gasteiger partial charge in [0, 0.05) is 13.1 Å². The number of nitrogens with one attached hydrogen (secondary N) is 2. The van der Waals surface area contributed by atoms with Crippen LogP contribution in [0, 0.1) is 0 Å². The Morgan fingerprint density at radius 1 is 1.30 bits per heavy atom. The zero-order valence-corrected chi connectivity index (χ0v) is 12.7. The predicted octanol–water partition coefficient (Wildman–Crippen LogP) is 2.42. The van der Waals surface area contributed by atoms with Crippen molar-refractivity contribution in [3.8, 4) is 6.01 Å². The summed E-state index contributed by atoms with van der Waals surface area (Å²) in [5, 5.41) is 10.4. The summed E-state index contributed by atoms with van der Waals surface area (Å²) in [7, 11) is 1.77. The number of nitrogens with zero attached hydrogens (tertiary/aromatic N) is 3. The van der Waals surface area contributed by atoms with Crippen molar-refractivity contribution in [3.05, 3.63) is 22.4 Å². The third kappa shape index (κ3) is 4.06. The summed E-state index contributed by atoms with van der Waals surface area (Å²) in [5.41, 5.74) is 1.31. The van der Waals surface area contributed by atoms with E-state index in [0.717, 1.165) is 6.42 Å². The smallest absolute Gasteiger partial charge is 0.323 e. The van der Waals surface area contributed by atoms with Crippen LogP contribution in [0.5, 0.6) is 6.01 Å². The molecule has 1 unspecified atom stereocenters. The van der Waals surface area contributed by atoms with Crippen molar-refractivity contribution in [3.63, 3.8) is 0 Å². The second-order valence-corrected chi connectivity index (χ2v) is 5.11. The molecule has 108 valence electrons. The van der Waals surface area contributed by atoms with Crippen molar-refractivity contribution >= 4 is 23.2 Å². The molecule has 7 heteroatoms. The molecule has 0 aliphatic heterocycles. The van der Waals surface area contributed by atoms with Crippen molar-refractivity contribution < 1.29 is 4.74 Å². The Bertz CT molecular complexity index is 532. The quantitative estimate of drug-likeness (QED) is 0.817. The van der Waals surface area contributed by atoms with E-state index in [9.17, 15) is 0 Å². The minimum absolute atomic E-state index is 0.228. The third-order valence-electron chi connectivity index (χ3n) is 2.61. The van der Waals surface area contributed by atoms with Crippen LogP contribution in [-0.4, -0.2) is 34.6 Å². The van der Waals surface area contributed by atoms with Gasteiger partial charge in [-0.1, -0.05) is 0 Å². The van der Waals surface area contributed by atoms with E-state index >= 15 is 0 Å². The van der Waals surface area contributed by atoms with E-state index in [0.29, 0.717) is 24.5 Å². The van der Waals surface area contributed by atoms with Crippen LogP contribution in [0.3, 0.4) is 0 Å². The fourth-order valence-corrected chi connectivity index (χ4v) is 2.44. The lowest BCUT2D eigenvalue weighted by atomic mass is 10.1. The van der Waals surface area contributed by atoms with Crippen LogP contribution in [0.4, 0.5) is 11.9 Å². The molecule has 20 heavy (non-hydrogen) atoms. The normalized spacial score (nSPS) is 11.9. The van der Waals surface area contributed by atoms with Crippen molar-refractivity contribution in [1.82, 2.24) is 15.0 Å². The van der Waals surface area contributed by atoms with Gasteiger partial charge in [-0.05, 0) is 42.7 Å². The van der Waals surface area contributed by atoms with E-state index in [-0.39, 0.29) is 6.04 Å². The average Bonchev–Trinajstić information content (AvgIpc) is 2.91. The third-order valence-corrected chi connectivity index (χ3v) is 3.34. The van der Waals surface area contributed by atoms with E-state index in [1.165, 1.54) is 5.56 Å². The van der Waals surface area contributed by atoms with Crippen LogP contribution in [0.25, 0.3) is 0 Å². The maximum atomic E-state index is 5.34. The molecule has 0 aliphatic rings. The highest BCUT2D eigenvalue weighted by Gasteiger charge is 2.10. The van der Waals surface area contributed by atoms with Gasteiger partial charge in [0.05, 0.1) is 6.61 Å². The first-order valence-electron chi connectivity index (χ1n) is 6.55. The van der Waals surface area contributed by atoms with Crippen LogP contribution in [-0.2, 0) is 6.42 Å². The van der Waals surface area contributed by atoms with Gasteiger partial charge in [0.1, 0.15) is 0 Å². The number of ether oxygens (including phenoxy) is 1. The first-order chi connectivity index (χ1) is 9.71. The van der Waals surface area contributed by atoms with Crippen LogP contribution >= 0.6 is 11.3 Å². The van der Waals surface area contributed by atoms with Crippen molar-refractivity contribution in [2.75, 3.05) is 24.3 Å². The second kappa shape index (κ2) is 7.04. The van der Waals surface area contributed by atoms with E-state index in [4.69, 9.17) is 4.74 Å². The van der Waals surface area contributed by atoms with Crippen LogP contribution in [0.15, 0.2) is 16.8 Å². The molecule has 0 amide bonds. The monoisotopic (exact) mass is 293 g/mol. The van der Waals surface area contributed by atoms with Crippen molar-refractivity contribution in [2.24, 2.45) is 0 Å². The second-order valence-electron chi connectivity index (χ2n) is 4.33. The zero-order chi connectivity index (χ0) is 14.4. The first-order valence-corrected chi connectivity index (χ1v) is 7.49. The highest BCUT2D eigenvalue weighted by Crippen LogP contribution is 2.14. The molecule has 0 saturated carbocycles. The molecule has 1 atom stereocenters. The molecule has 2 aromatic heterocycles. The molecular weight excluding hydrogens is 274 g/mol. The maximum absolute atomic E-state index is 5.34. The Hall–Kier alpha value is -1.89. The van der Waals surface area contributed by atoms with Gasteiger partial charge in [0.2, 0.25) is 11.9 Å². The molecular formula is C13H19N5OS. The van der Waals surface area contributed by atoms with E-state index in [1.54, 1.807) is 18.4 Å². The summed E-state index contributed by atoms with van der Waals surface area (Å²) in [6, 6.07) is 2.68. The number of aromatic nitrogens is 3. The number of hydrogen-bond donors (Lipinski definition) is 2. The van der Waals surface area contributed by atoms with Crippen molar-refractivity contribution in [2.45, 2.75) is 26.3 Å². The molecule has 0 fully saturated rings. The topological polar surface area (TPSA) is 72.0 Å². The van der Waals surface area contributed by atoms with Crippen molar-refractivity contribution in [1.29, 1.82) is 0 Å². The largest absolute Gasteiger partial charge is 0.464 e. The van der Waals surface area contributed by atoms with Gasteiger partial charge in [0.25, 0.3) is 0 Å². The first kappa shape index (κ1) is 14.5. The number of anilines is 2. The predicted molar refractivity (Wildman–Crippen MR) is 81.7 cm³/mol. The molecule has 0 radical (unpaired) electrons. The fourth-order valence-electron chi connectivity index (χ4n) is 1.76. The maximum Gasteiger partial charge on any atom is 0.323 e. The van der Waals surface area contributed by atoms with E-state index < -0.39 is 0 Å². The molecule has 2 rings (SSSR count). The van der Waals surface area contributed by atoms with Gasteiger partial charge in [-0.3, -0.25) is 0 Å². The van der Waals surface area contributed by atoms with Crippen LogP contribution < -0.4 is 15.4 Å². The minimum atomic E-state index is 0.228. The standard InChI is InChI=1S/C13H19N5OS/c1-4-19-13-17-11(14-3)16-12(18-13)15-9(2)7-10-5-6-20-8-10/h5-6,8-9H,4,7H2,1-3H3,(H2,14,15,16,17,18). The van der Waals surface area contributed by atoms with Crippen LogP contribution in [0.2, 0.25) is 0 Å². The SMILES string of the molecule is CCOc1nc(NC)nc(NC(C)Cc2ccsc2)n1. The molecule has 0 spiro atoms. The van der Waals surface area contributed by atoms with Crippen LogP contribution in [0.1, 0.15) is 19.4 Å². The molecule has 0 aliphatic carbocycles. The molecule has 0 saturated heterocycles. The summed E-state index contributed by atoms with van der Waals surface area (Å²) in [5.74, 6) is 1.02. The van der Waals surface area contributed by atoms with Gasteiger partial charge >= 0.3 is 6.01 Å². The Balaban J connectivity index is 2.05. The Morgan fingerprint density at radius 3 is 2.75 bits per heavy atom. The lowest BCUT2D eigenvalue weighted by molar-refractivity contribution is 0.312. The highest BCUT2D eigenvalue weighted by atomic mass is 32.1. The van der Waals surface area contributed by atoms with Gasteiger partial charge in [0.15, 0.2) is 0 Å². The Kier molecular flexibility index (Phi) is 5.11. The van der Waals surface area contributed by atoms with Gasteiger partial charge < -0.3 is 15.4 Å². The lowest BCUT2D eigenvalue weighted by Gasteiger charge is -2.14. The minimum Gasteiger partial charge on any atom is -0.464 e. The molecule has 6 nitrogen and oxygen atoms in total. The summed E-state index contributed by atoms with van der Waals surface area (Å²) in [6.45, 7) is 4.52. The molecule has 0 bridgehead atoms. The van der Waals surface area contributed by atoms with Gasteiger partial charge in [-0.2, -0.15) is 26.3 Å². The number of rotatable bonds is 7. The Morgan fingerprint density at radius 2 is 2.10 bits per heavy atom. The van der Waals surface area contributed by atoms with Gasteiger partial charge in [-0.25, -0.2) is 0 Å². The molecule has 0 aromatic carbocycles. The average molecular weight is 293 g/mol. The number of hydrogen-bond acceptors (Lipinski definition) is 7. The fraction of sp³-hybridized carbons (Fsp3) is 0.462.